The molecule has 1 aliphatic heterocycles. The van der Waals surface area contributed by atoms with Crippen molar-refractivity contribution in [2.45, 2.75) is 12.8 Å². The standard InChI is InChI=1S/C30H26FN7O/c31-21-10-20(11-22(12-21)39-9-8-38-6-1-2-7-38)25-16-33-17-28-23(25)13-27(35-28)30-24-14-26(19-4-3-5-32-15-19)34-18-29(24)36-37-30/h3-5,10-18,35H,1-2,6-9H2,(H,36,37). The van der Waals surface area contributed by atoms with Crippen LogP contribution in [0.15, 0.2) is 73.4 Å². The van der Waals surface area contributed by atoms with Crippen LogP contribution in [0.1, 0.15) is 12.8 Å². The summed E-state index contributed by atoms with van der Waals surface area (Å²) in [6.07, 6.45) is 11.3. The lowest BCUT2D eigenvalue weighted by molar-refractivity contribution is 0.237. The number of H-pyrrole nitrogens is 2. The number of ether oxygens (including phenoxy) is 1. The van der Waals surface area contributed by atoms with Gasteiger partial charge in [0.25, 0.3) is 0 Å². The molecule has 1 aromatic carbocycles. The van der Waals surface area contributed by atoms with E-state index >= 15 is 0 Å². The zero-order valence-electron chi connectivity index (χ0n) is 21.2. The molecule has 2 N–H and O–H groups in total. The van der Waals surface area contributed by atoms with Crippen LogP contribution in [0, 0.1) is 5.82 Å². The maximum Gasteiger partial charge on any atom is 0.127 e. The van der Waals surface area contributed by atoms with Crippen LogP contribution in [0.25, 0.3) is 55.6 Å². The number of rotatable bonds is 7. The summed E-state index contributed by atoms with van der Waals surface area (Å²) < 4.78 is 20.6. The van der Waals surface area contributed by atoms with E-state index < -0.39 is 0 Å². The fourth-order valence-corrected chi connectivity index (χ4v) is 5.30. The number of halogens is 1. The van der Waals surface area contributed by atoms with Crippen molar-refractivity contribution in [3.05, 3.63) is 79.3 Å². The van der Waals surface area contributed by atoms with Gasteiger partial charge in [0.05, 0.1) is 34.8 Å². The second-order valence-electron chi connectivity index (χ2n) is 9.83. The number of benzene rings is 1. The van der Waals surface area contributed by atoms with E-state index in [1.807, 2.05) is 30.3 Å². The van der Waals surface area contributed by atoms with Gasteiger partial charge >= 0.3 is 0 Å². The third-order valence-corrected chi connectivity index (χ3v) is 7.26. The monoisotopic (exact) mass is 519 g/mol. The largest absolute Gasteiger partial charge is 0.492 e. The van der Waals surface area contributed by atoms with Gasteiger partial charge in [-0.1, -0.05) is 0 Å². The summed E-state index contributed by atoms with van der Waals surface area (Å²) in [6, 6.07) is 12.7. The molecule has 7 rings (SSSR count). The van der Waals surface area contributed by atoms with Crippen LogP contribution >= 0.6 is 0 Å². The molecule has 0 aliphatic carbocycles. The third kappa shape index (κ3) is 4.61. The van der Waals surface area contributed by atoms with Crippen LogP contribution in [0.2, 0.25) is 0 Å². The van der Waals surface area contributed by atoms with E-state index in [4.69, 9.17) is 4.74 Å². The second-order valence-corrected chi connectivity index (χ2v) is 9.83. The maximum atomic E-state index is 14.7. The van der Waals surface area contributed by atoms with Gasteiger partial charge < -0.3 is 9.72 Å². The fourth-order valence-electron chi connectivity index (χ4n) is 5.30. The lowest BCUT2D eigenvalue weighted by Crippen LogP contribution is -2.25. The van der Waals surface area contributed by atoms with Gasteiger partial charge in [-0.3, -0.25) is 25.0 Å². The molecule has 0 amide bonds. The lowest BCUT2D eigenvalue weighted by atomic mass is 10.0. The Morgan fingerprint density at radius 2 is 1.82 bits per heavy atom. The predicted molar refractivity (Wildman–Crippen MR) is 149 cm³/mol. The van der Waals surface area contributed by atoms with E-state index in [9.17, 15) is 4.39 Å². The molecule has 0 radical (unpaired) electrons. The number of likely N-dealkylation sites (tertiary alicyclic amines) is 1. The van der Waals surface area contributed by atoms with Crippen molar-refractivity contribution < 1.29 is 9.13 Å². The molecule has 1 aliphatic rings. The number of nitrogens with one attached hydrogen (secondary N) is 2. The van der Waals surface area contributed by atoms with E-state index in [0.29, 0.717) is 17.9 Å². The Balaban J connectivity index is 1.23. The highest BCUT2D eigenvalue weighted by molar-refractivity contribution is 6.01. The second kappa shape index (κ2) is 9.92. The van der Waals surface area contributed by atoms with E-state index in [1.165, 1.54) is 25.0 Å². The molecule has 39 heavy (non-hydrogen) atoms. The Morgan fingerprint density at radius 3 is 2.69 bits per heavy atom. The lowest BCUT2D eigenvalue weighted by Gasteiger charge is -2.15. The van der Waals surface area contributed by atoms with Crippen molar-refractivity contribution in [1.82, 2.24) is 35.0 Å². The molecule has 0 spiro atoms. The van der Waals surface area contributed by atoms with E-state index in [-0.39, 0.29) is 5.82 Å². The van der Waals surface area contributed by atoms with Gasteiger partial charge in [0.15, 0.2) is 0 Å². The molecule has 1 fully saturated rings. The average Bonchev–Trinajstić information content (AvgIpc) is 3.72. The molecule has 8 nitrogen and oxygen atoms in total. The first kappa shape index (κ1) is 23.5. The van der Waals surface area contributed by atoms with Gasteiger partial charge in [0.2, 0.25) is 0 Å². The molecule has 0 atom stereocenters. The molecular weight excluding hydrogens is 493 g/mol. The summed E-state index contributed by atoms with van der Waals surface area (Å²) >= 11 is 0. The number of pyridine rings is 3. The Hall–Kier alpha value is -4.63. The number of aromatic nitrogens is 6. The van der Waals surface area contributed by atoms with Crippen molar-refractivity contribution in [1.29, 1.82) is 0 Å². The van der Waals surface area contributed by atoms with Crippen LogP contribution in [0.4, 0.5) is 4.39 Å². The summed E-state index contributed by atoms with van der Waals surface area (Å²) in [5, 5.41) is 9.51. The molecule has 0 bridgehead atoms. The first-order valence-corrected chi connectivity index (χ1v) is 13.1. The topological polar surface area (TPSA) is 95.6 Å². The SMILES string of the molecule is Fc1cc(OCCN2CCCC2)cc(-c2cncc3[nH]c(-c4n[nH]c5cnc(-c6cccnc6)cc45)cc23)c1. The summed E-state index contributed by atoms with van der Waals surface area (Å²) in [6.45, 7) is 3.59. The minimum Gasteiger partial charge on any atom is -0.492 e. The predicted octanol–water partition coefficient (Wildman–Crippen LogP) is 5.84. The average molecular weight is 520 g/mol. The summed E-state index contributed by atoms with van der Waals surface area (Å²) in [5.74, 6) is 0.177. The van der Waals surface area contributed by atoms with Crippen LogP contribution in [0.3, 0.4) is 0 Å². The number of hydrogen-bond donors (Lipinski definition) is 2. The highest BCUT2D eigenvalue weighted by atomic mass is 19.1. The van der Waals surface area contributed by atoms with Gasteiger partial charge in [-0.15, -0.1) is 0 Å². The molecule has 0 saturated carbocycles. The minimum absolute atomic E-state index is 0.342. The van der Waals surface area contributed by atoms with E-state index in [1.54, 1.807) is 31.0 Å². The smallest absolute Gasteiger partial charge is 0.127 e. The van der Waals surface area contributed by atoms with Crippen molar-refractivity contribution in [3.8, 4) is 39.5 Å². The highest BCUT2D eigenvalue weighted by Gasteiger charge is 2.16. The third-order valence-electron chi connectivity index (χ3n) is 7.26. The van der Waals surface area contributed by atoms with Gasteiger partial charge in [0, 0.05) is 53.1 Å². The minimum atomic E-state index is -0.342. The number of aromatic amines is 2. The quantitative estimate of drug-likeness (QED) is 0.275. The number of nitrogens with zero attached hydrogens (tertiary/aromatic N) is 5. The summed E-state index contributed by atoms with van der Waals surface area (Å²) in [5.41, 5.74) is 6.53. The molecule has 1 saturated heterocycles. The van der Waals surface area contributed by atoms with Crippen LogP contribution in [0.5, 0.6) is 5.75 Å². The summed E-state index contributed by atoms with van der Waals surface area (Å²) in [7, 11) is 0. The van der Waals surface area contributed by atoms with Gasteiger partial charge in [-0.25, -0.2) is 4.39 Å². The van der Waals surface area contributed by atoms with Crippen LogP contribution < -0.4 is 4.74 Å². The van der Waals surface area contributed by atoms with Crippen molar-refractivity contribution >= 4 is 21.8 Å². The van der Waals surface area contributed by atoms with Crippen LogP contribution in [-0.4, -0.2) is 61.3 Å². The molecule has 0 unspecified atom stereocenters. The Bertz CT molecular complexity index is 1770. The van der Waals surface area contributed by atoms with E-state index in [0.717, 1.165) is 69.6 Å². The van der Waals surface area contributed by atoms with Crippen molar-refractivity contribution in [3.63, 3.8) is 0 Å². The fraction of sp³-hybridized carbons (Fsp3) is 0.200. The summed E-state index contributed by atoms with van der Waals surface area (Å²) in [4.78, 5) is 19.0. The maximum absolute atomic E-state index is 14.7. The van der Waals surface area contributed by atoms with Gasteiger partial charge in [-0.2, -0.15) is 5.10 Å². The molecule has 194 valence electrons. The Labute approximate surface area is 223 Å². The highest BCUT2D eigenvalue weighted by Crippen LogP contribution is 2.35. The van der Waals surface area contributed by atoms with E-state index in [2.05, 4.69) is 35.0 Å². The zero-order chi connectivity index (χ0) is 26.2. The molecular formula is C30H26FN7O. The Kier molecular flexibility index (Phi) is 5.97. The number of hydrogen-bond acceptors (Lipinski definition) is 6. The Morgan fingerprint density at radius 1 is 0.897 bits per heavy atom. The number of fused-ring (bicyclic) bond motifs is 2. The first-order chi connectivity index (χ1) is 19.2. The molecule has 5 aromatic heterocycles. The zero-order valence-corrected chi connectivity index (χ0v) is 21.2. The molecule has 6 heterocycles. The normalized spacial score (nSPS) is 14.0. The van der Waals surface area contributed by atoms with Crippen molar-refractivity contribution in [2.75, 3.05) is 26.2 Å². The molecule has 6 aromatic rings. The van der Waals surface area contributed by atoms with Crippen LogP contribution in [-0.2, 0) is 0 Å². The van der Waals surface area contributed by atoms with Crippen molar-refractivity contribution in [2.24, 2.45) is 0 Å². The van der Waals surface area contributed by atoms with Gasteiger partial charge in [0.1, 0.15) is 23.9 Å². The first-order valence-electron chi connectivity index (χ1n) is 13.1. The van der Waals surface area contributed by atoms with Gasteiger partial charge in [-0.05, 0) is 67.9 Å². The molecule has 9 heteroatoms.